The minimum Gasteiger partial charge on any atom is -0.355 e. The first kappa shape index (κ1) is 20.8. The Bertz CT molecular complexity index is 931. The normalized spacial score (nSPS) is 23.6. The highest BCUT2D eigenvalue weighted by atomic mass is 16.2. The number of piperidine rings is 2. The highest BCUT2D eigenvalue weighted by Gasteiger charge is 2.39. The molecule has 0 aliphatic carbocycles. The van der Waals surface area contributed by atoms with Gasteiger partial charge >= 0.3 is 0 Å². The number of fused-ring (bicyclic) bond motifs is 1. The molecule has 2 aliphatic heterocycles. The van der Waals surface area contributed by atoms with E-state index in [0.717, 1.165) is 62.2 Å². The molecule has 1 atom stereocenters. The van der Waals surface area contributed by atoms with Crippen LogP contribution in [0, 0.1) is 18.3 Å². The molecule has 7 nitrogen and oxygen atoms in total. The molecule has 2 saturated heterocycles. The average Bonchev–Trinajstić information content (AvgIpc) is 3.11. The van der Waals surface area contributed by atoms with Crippen LogP contribution < -0.4 is 5.32 Å². The summed E-state index contributed by atoms with van der Waals surface area (Å²) in [6, 6.07) is 5.57. The van der Waals surface area contributed by atoms with Crippen LogP contribution in [0.5, 0.6) is 0 Å². The van der Waals surface area contributed by atoms with Gasteiger partial charge in [-0.25, -0.2) is 4.98 Å². The van der Waals surface area contributed by atoms with E-state index in [1.165, 1.54) is 0 Å². The van der Waals surface area contributed by atoms with Gasteiger partial charge in [0, 0.05) is 25.2 Å². The van der Waals surface area contributed by atoms with E-state index in [9.17, 15) is 9.59 Å². The number of H-pyrrole nitrogens is 1. The molecule has 0 bridgehead atoms. The van der Waals surface area contributed by atoms with Crippen molar-refractivity contribution in [3.8, 4) is 0 Å². The number of rotatable bonds is 4. The monoisotopic (exact) mass is 411 g/mol. The Balaban J connectivity index is 1.39. The van der Waals surface area contributed by atoms with Crippen molar-refractivity contribution in [2.24, 2.45) is 11.3 Å². The standard InChI is InChI=1S/C23H33N5O2/c1-16-25-19-6-5-18(13-20(19)26-16)21(29)28-10-4-9-23(2,15-28)22(30)24-14-17-7-11-27(3)12-8-17/h5-6,13,17H,4,7-12,14-15H2,1-3H3,(H,24,30)(H,25,26)/t23-/m0/s1. The van der Waals surface area contributed by atoms with Crippen LogP contribution in [0.4, 0.5) is 0 Å². The predicted octanol–water partition coefficient (Wildman–Crippen LogP) is 2.57. The van der Waals surface area contributed by atoms with Crippen molar-refractivity contribution in [3.63, 3.8) is 0 Å². The zero-order valence-electron chi connectivity index (χ0n) is 18.3. The first-order valence-electron chi connectivity index (χ1n) is 11.1. The predicted molar refractivity (Wildman–Crippen MR) is 117 cm³/mol. The van der Waals surface area contributed by atoms with Crippen molar-refractivity contribution in [1.82, 2.24) is 25.1 Å². The molecule has 3 heterocycles. The van der Waals surface area contributed by atoms with Crippen LogP contribution in [0.15, 0.2) is 18.2 Å². The summed E-state index contributed by atoms with van der Waals surface area (Å²) >= 11 is 0. The summed E-state index contributed by atoms with van der Waals surface area (Å²) in [5.41, 5.74) is 1.84. The Kier molecular flexibility index (Phi) is 5.82. The Morgan fingerprint density at radius 3 is 2.80 bits per heavy atom. The molecule has 162 valence electrons. The molecule has 2 amide bonds. The fraction of sp³-hybridized carbons (Fsp3) is 0.609. The second-order valence-electron chi connectivity index (χ2n) is 9.40. The van der Waals surface area contributed by atoms with E-state index in [0.29, 0.717) is 24.6 Å². The van der Waals surface area contributed by atoms with Gasteiger partial charge in [-0.3, -0.25) is 9.59 Å². The van der Waals surface area contributed by atoms with Crippen molar-refractivity contribution in [1.29, 1.82) is 0 Å². The number of aromatic nitrogens is 2. The number of aromatic amines is 1. The first-order valence-corrected chi connectivity index (χ1v) is 11.1. The summed E-state index contributed by atoms with van der Waals surface area (Å²) in [5.74, 6) is 1.46. The molecule has 30 heavy (non-hydrogen) atoms. The number of hydrogen-bond acceptors (Lipinski definition) is 4. The summed E-state index contributed by atoms with van der Waals surface area (Å²) in [7, 11) is 2.15. The van der Waals surface area contributed by atoms with Crippen LogP contribution in [0.3, 0.4) is 0 Å². The van der Waals surface area contributed by atoms with E-state index in [1.807, 2.05) is 36.9 Å². The van der Waals surface area contributed by atoms with Crippen molar-refractivity contribution in [2.45, 2.75) is 39.5 Å². The molecule has 2 aromatic rings. The third kappa shape index (κ3) is 4.36. The number of nitrogens with one attached hydrogen (secondary N) is 2. The number of carbonyl (C=O) groups is 2. The van der Waals surface area contributed by atoms with Gasteiger partial charge in [-0.1, -0.05) is 0 Å². The van der Waals surface area contributed by atoms with Gasteiger partial charge in [0.2, 0.25) is 5.91 Å². The van der Waals surface area contributed by atoms with E-state index >= 15 is 0 Å². The van der Waals surface area contributed by atoms with Crippen molar-refractivity contribution >= 4 is 22.8 Å². The molecule has 2 N–H and O–H groups in total. The van der Waals surface area contributed by atoms with Crippen LogP contribution in [0.1, 0.15) is 48.8 Å². The molecule has 0 saturated carbocycles. The number of likely N-dealkylation sites (tertiary alicyclic amines) is 2. The molecular weight excluding hydrogens is 378 g/mol. The smallest absolute Gasteiger partial charge is 0.253 e. The Morgan fingerprint density at radius 1 is 1.27 bits per heavy atom. The number of amides is 2. The van der Waals surface area contributed by atoms with Crippen LogP contribution in [-0.2, 0) is 4.79 Å². The minimum atomic E-state index is -0.534. The van der Waals surface area contributed by atoms with Crippen molar-refractivity contribution in [2.75, 3.05) is 39.8 Å². The van der Waals surface area contributed by atoms with E-state index in [4.69, 9.17) is 0 Å². The second-order valence-corrected chi connectivity index (χ2v) is 9.40. The van der Waals surface area contributed by atoms with Crippen LogP contribution in [0.25, 0.3) is 11.0 Å². The molecule has 4 rings (SSSR count). The van der Waals surface area contributed by atoms with Crippen molar-refractivity contribution in [3.05, 3.63) is 29.6 Å². The lowest BCUT2D eigenvalue weighted by Gasteiger charge is -2.40. The van der Waals surface area contributed by atoms with E-state index in [2.05, 4.69) is 27.2 Å². The molecule has 0 spiro atoms. The van der Waals surface area contributed by atoms with Gasteiger partial charge in [0.1, 0.15) is 5.82 Å². The van der Waals surface area contributed by atoms with Gasteiger partial charge in [0.15, 0.2) is 0 Å². The lowest BCUT2D eigenvalue weighted by atomic mass is 9.80. The number of aryl methyl sites for hydroxylation is 1. The lowest BCUT2D eigenvalue weighted by Crippen LogP contribution is -2.52. The van der Waals surface area contributed by atoms with Gasteiger partial charge in [-0.2, -0.15) is 0 Å². The molecule has 1 aromatic carbocycles. The zero-order valence-corrected chi connectivity index (χ0v) is 18.3. The largest absolute Gasteiger partial charge is 0.355 e. The van der Waals surface area contributed by atoms with Crippen LogP contribution in [-0.4, -0.2) is 71.4 Å². The fourth-order valence-electron chi connectivity index (χ4n) is 4.77. The topological polar surface area (TPSA) is 81.3 Å². The quantitative estimate of drug-likeness (QED) is 0.810. The summed E-state index contributed by atoms with van der Waals surface area (Å²) in [5, 5.41) is 3.19. The highest BCUT2D eigenvalue weighted by Crippen LogP contribution is 2.31. The second kappa shape index (κ2) is 8.38. The highest BCUT2D eigenvalue weighted by molar-refractivity contribution is 5.98. The van der Waals surface area contributed by atoms with E-state index in [1.54, 1.807) is 0 Å². The third-order valence-corrected chi connectivity index (χ3v) is 6.77. The van der Waals surface area contributed by atoms with Gasteiger partial charge < -0.3 is 20.1 Å². The third-order valence-electron chi connectivity index (χ3n) is 6.77. The Hall–Kier alpha value is -2.41. The molecule has 1 aromatic heterocycles. The van der Waals surface area contributed by atoms with Gasteiger partial charge in [0.25, 0.3) is 5.91 Å². The number of carbonyl (C=O) groups excluding carboxylic acids is 2. The molecule has 0 unspecified atom stereocenters. The number of nitrogens with zero attached hydrogens (tertiary/aromatic N) is 3. The number of imidazole rings is 1. The summed E-state index contributed by atoms with van der Waals surface area (Å²) in [6.07, 6.45) is 3.92. The van der Waals surface area contributed by atoms with Crippen LogP contribution >= 0.6 is 0 Å². The summed E-state index contributed by atoms with van der Waals surface area (Å²) in [6.45, 7) is 7.99. The summed E-state index contributed by atoms with van der Waals surface area (Å²) in [4.78, 5) is 38.0. The van der Waals surface area contributed by atoms with Gasteiger partial charge in [-0.05, 0) is 83.8 Å². The van der Waals surface area contributed by atoms with E-state index in [-0.39, 0.29) is 11.8 Å². The van der Waals surface area contributed by atoms with Gasteiger partial charge in [-0.15, -0.1) is 0 Å². The first-order chi connectivity index (χ1) is 14.3. The number of benzene rings is 1. The maximum absolute atomic E-state index is 13.2. The van der Waals surface area contributed by atoms with Crippen molar-refractivity contribution < 1.29 is 9.59 Å². The Labute approximate surface area is 178 Å². The lowest BCUT2D eigenvalue weighted by molar-refractivity contribution is -0.132. The maximum atomic E-state index is 13.2. The summed E-state index contributed by atoms with van der Waals surface area (Å²) < 4.78 is 0. The van der Waals surface area contributed by atoms with Gasteiger partial charge in [0.05, 0.1) is 16.4 Å². The molecule has 0 radical (unpaired) electrons. The molecule has 2 aliphatic rings. The Morgan fingerprint density at radius 2 is 2.03 bits per heavy atom. The fourth-order valence-corrected chi connectivity index (χ4v) is 4.77. The SMILES string of the molecule is Cc1nc2ccc(C(=O)N3CCC[C@](C)(C(=O)NCC4CCN(C)CC4)C3)cc2[nH]1. The van der Waals surface area contributed by atoms with E-state index < -0.39 is 5.41 Å². The minimum absolute atomic E-state index is 0.0156. The molecule has 7 heteroatoms. The maximum Gasteiger partial charge on any atom is 0.253 e. The number of hydrogen-bond donors (Lipinski definition) is 2. The molecule has 2 fully saturated rings. The zero-order chi connectivity index (χ0) is 21.3. The van der Waals surface area contributed by atoms with Crippen LogP contribution in [0.2, 0.25) is 0 Å². The average molecular weight is 412 g/mol. The molecular formula is C23H33N5O2.